The number of nitrogens with one attached hydrogen (secondary N) is 3. The van der Waals surface area contributed by atoms with E-state index in [0.29, 0.717) is 43.4 Å². The number of anilines is 6. The molecule has 10 rings (SSSR count). The molecule has 3 N–H and O–H groups in total. The average molecular weight is 969 g/mol. The zero-order chi connectivity index (χ0) is 46.5. The molecule has 4 aliphatic heterocycles. The third kappa shape index (κ3) is 8.93. The van der Waals surface area contributed by atoms with Gasteiger partial charge in [-0.15, -0.1) is 0 Å². The molecule has 14 nitrogen and oxygen atoms in total. The summed E-state index contributed by atoms with van der Waals surface area (Å²) in [5, 5.41) is 11.4. The van der Waals surface area contributed by atoms with E-state index in [4.69, 9.17) is 55.9 Å². The number of aromatic nitrogens is 4. The molecule has 66 heavy (non-hydrogen) atoms. The predicted molar refractivity (Wildman–Crippen MR) is 260 cm³/mol. The minimum atomic E-state index is -0.324. The van der Waals surface area contributed by atoms with Gasteiger partial charge in [0.25, 0.3) is 11.8 Å². The molecule has 0 saturated heterocycles. The molecule has 0 saturated carbocycles. The van der Waals surface area contributed by atoms with Crippen LogP contribution in [0.1, 0.15) is 77.6 Å². The van der Waals surface area contributed by atoms with Crippen molar-refractivity contribution in [1.82, 2.24) is 30.2 Å². The Bertz CT molecular complexity index is 2860. The maximum Gasteiger partial charge on any atom is 0.268 e. The third-order valence-electron chi connectivity index (χ3n) is 12.1. The topological polar surface area (TPSA) is 150 Å². The largest absolute Gasteiger partial charge is 0.455 e. The Kier molecular flexibility index (Phi) is 12.5. The standard InChI is InChI=1S/C25H25Cl2N5O2.C23H21Cl2N5O2/c1-4-31-12-15-10-16(8-9-18(15)25(2,3)13-31)29-24-28-11-17-22(30-24)34-14-32(23(17)33)21-19(26)6-5-7-20(21)27;1-23(2)11-26-9-13-8-14(6-7-16(13)23)28-22-27-10-15-20(29-22)32-12-30(21(15)31)19-17(24)4-3-5-18(19)25/h5-11H,4,12-14H2,1-3H3,(H,28,29,30);3-8,10,26H,9,11-12H2,1-2H3,(H,27,28,29). The number of ether oxygens (including phenoxy) is 2. The molecular weight excluding hydrogens is 922 g/mol. The number of hydrogen-bond donors (Lipinski definition) is 3. The Morgan fingerprint density at radius 1 is 0.667 bits per heavy atom. The molecule has 0 aliphatic carbocycles. The number of carbonyl (C=O) groups is 2. The van der Waals surface area contributed by atoms with Crippen LogP contribution in [0.15, 0.2) is 85.2 Å². The third-order valence-corrected chi connectivity index (χ3v) is 13.3. The number of hydrogen-bond acceptors (Lipinski definition) is 12. The van der Waals surface area contributed by atoms with Crippen LogP contribution < -0.4 is 35.2 Å². The summed E-state index contributed by atoms with van der Waals surface area (Å²) in [5.41, 5.74) is 8.46. The first-order valence-electron chi connectivity index (χ1n) is 21.4. The molecule has 6 heterocycles. The van der Waals surface area contributed by atoms with E-state index < -0.39 is 0 Å². The van der Waals surface area contributed by atoms with E-state index >= 15 is 0 Å². The second-order valence-electron chi connectivity index (χ2n) is 17.6. The van der Waals surface area contributed by atoms with Crippen LogP contribution in [0, 0.1) is 0 Å². The van der Waals surface area contributed by atoms with Gasteiger partial charge in [0.1, 0.15) is 11.1 Å². The van der Waals surface area contributed by atoms with Crippen LogP contribution in [0.3, 0.4) is 0 Å². The van der Waals surface area contributed by atoms with Gasteiger partial charge in [-0.25, -0.2) is 9.97 Å². The zero-order valence-corrected chi connectivity index (χ0v) is 39.8. The van der Waals surface area contributed by atoms with E-state index in [1.54, 1.807) is 36.4 Å². The fourth-order valence-corrected chi connectivity index (χ4v) is 10.0. The summed E-state index contributed by atoms with van der Waals surface area (Å²) in [6.45, 7) is 15.8. The summed E-state index contributed by atoms with van der Waals surface area (Å²) in [6.07, 6.45) is 2.91. The van der Waals surface area contributed by atoms with E-state index in [1.165, 1.54) is 44.4 Å². The lowest BCUT2D eigenvalue weighted by molar-refractivity contribution is 0.0924. The molecule has 6 aromatic rings. The summed E-state index contributed by atoms with van der Waals surface area (Å²) in [5.74, 6) is 0.501. The molecular formula is C48H46Cl4N10O4. The highest BCUT2D eigenvalue weighted by atomic mass is 35.5. The normalized spacial score (nSPS) is 16.9. The minimum absolute atomic E-state index is 0.0491. The molecule has 4 aromatic carbocycles. The Morgan fingerprint density at radius 2 is 1.14 bits per heavy atom. The molecule has 2 aromatic heterocycles. The van der Waals surface area contributed by atoms with Gasteiger partial charge in [-0.2, -0.15) is 9.97 Å². The summed E-state index contributed by atoms with van der Waals surface area (Å²) < 4.78 is 11.5. The summed E-state index contributed by atoms with van der Waals surface area (Å²) in [4.78, 5) is 48.8. The van der Waals surface area contributed by atoms with Crippen molar-refractivity contribution in [3.05, 3.63) is 139 Å². The van der Waals surface area contributed by atoms with Crippen molar-refractivity contribution in [1.29, 1.82) is 0 Å². The highest BCUT2D eigenvalue weighted by Crippen LogP contribution is 2.40. The average Bonchev–Trinajstić information content (AvgIpc) is 3.27. The predicted octanol–water partition coefficient (Wildman–Crippen LogP) is 10.5. The number of halogens is 4. The molecule has 0 fully saturated rings. The molecule has 18 heteroatoms. The fourth-order valence-electron chi connectivity index (χ4n) is 8.82. The first-order chi connectivity index (χ1) is 31.6. The van der Waals surface area contributed by atoms with Crippen molar-refractivity contribution in [3.8, 4) is 11.8 Å². The SMILES string of the molecule is CC1(C)CNCc2cc(Nc3ncc4c(n3)OCN(c3c(Cl)cccc3Cl)C4=O)ccc21.CCN1Cc2cc(Nc3ncc4c(n3)OCN(c3c(Cl)cccc3Cl)C4=O)ccc2C(C)(C)C1. The smallest absolute Gasteiger partial charge is 0.268 e. The van der Waals surface area contributed by atoms with Crippen molar-refractivity contribution >= 4 is 92.9 Å². The lowest BCUT2D eigenvalue weighted by Gasteiger charge is -2.39. The maximum absolute atomic E-state index is 13.1. The number of amides is 2. The number of likely N-dealkylation sites (N-methyl/N-ethyl adjacent to an activating group) is 1. The summed E-state index contributed by atoms with van der Waals surface area (Å²) in [6, 6.07) is 22.7. The molecule has 0 radical (unpaired) electrons. The maximum atomic E-state index is 13.1. The van der Waals surface area contributed by atoms with Gasteiger partial charge in [0.15, 0.2) is 13.5 Å². The molecule has 2 amide bonds. The van der Waals surface area contributed by atoms with Crippen molar-refractivity contribution in [2.24, 2.45) is 0 Å². The van der Waals surface area contributed by atoms with Crippen LogP contribution in [0.5, 0.6) is 11.8 Å². The van der Waals surface area contributed by atoms with Crippen LogP contribution in [0.2, 0.25) is 20.1 Å². The van der Waals surface area contributed by atoms with Gasteiger partial charge < -0.3 is 25.4 Å². The number of para-hydroxylation sites is 2. The molecule has 0 bridgehead atoms. The molecule has 0 unspecified atom stereocenters. The van der Waals surface area contributed by atoms with Gasteiger partial charge in [-0.05, 0) is 77.3 Å². The van der Waals surface area contributed by atoms with Gasteiger partial charge in [-0.1, -0.05) is 105 Å². The molecule has 0 spiro atoms. The zero-order valence-electron chi connectivity index (χ0n) is 36.8. The second-order valence-corrected chi connectivity index (χ2v) is 19.3. The van der Waals surface area contributed by atoms with Crippen LogP contribution in [-0.2, 0) is 23.9 Å². The number of carbonyl (C=O) groups excluding carboxylic acids is 2. The first-order valence-corrected chi connectivity index (χ1v) is 22.9. The van der Waals surface area contributed by atoms with Crippen LogP contribution in [-0.4, -0.2) is 69.7 Å². The van der Waals surface area contributed by atoms with Crippen LogP contribution in [0.25, 0.3) is 0 Å². The number of fused-ring (bicyclic) bond motifs is 4. The number of rotatable bonds is 7. The van der Waals surface area contributed by atoms with Crippen LogP contribution in [0.4, 0.5) is 34.6 Å². The second kappa shape index (κ2) is 18.2. The quantitative estimate of drug-likeness (QED) is 0.140. The van der Waals surface area contributed by atoms with Gasteiger partial charge in [0.2, 0.25) is 23.7 Å². The lowest BCUT2D eigenvalue weighted by Crippen LogP contribution is -2.41. The van der Waals surface area contributed by atoms with Crippen molar-refractivity contribution < 1.29 is 19.1 Å². The van der Waals surface area contributed by atoms with Crippen molar-refractivity contribution in [2.75, 3.05) is 53.5 Å². The van der Waals surface area contributed by atoms with Gasteiger partial charge >= 0.3 is 0 Å². The van der Waals surface area contributed by atoms with E-state index in [9.17, 15) is 9.59 Å². The Balaban J connectivity index is 0.000000166. The summed E-state index contributed by atoms with van der Waals surface area (Å²) in [7, 11) is 0. The minimum Gasteiger partial charge on any atom is -0.455 e. The molecule has 340 valence electrons. The van der Waals surface area contributed by atoms with Gasteiger partial charge in [0.05, 0.1) is 31.5 Å². The van der Waals surface area contributed by atoms with Crippen molar-refractivity contribution in [2.45, 2.75) is 58.5 Å². The van der Waals surface area contributed by atoms with Gasteiger partial charge in [0, 0.05) is 60.8 Å². The summed E-state index contributed by atoms with van der Waals surface area (Å²) >= 11 is 25.1. The molecule has 0 atom stereocenters. The highest BCUT2D eigenvalue weighted by Gasteiger charge is 2.34. The van der Waals surface area contributed by atoms with Crippen LogP contribution >= 0.6 is 46.4 Å². The van der Waals surface area contributed by atoms with E-state index in [-0.39, 0.29) is 59.0 Å². The number of benzene rings is 4. The monoisotopic (exact) mass is 966 g/mol. The lowest BCUT2D eigenvalue weighted by atomic mass is 9.78. The first kappa shape index (κ1) is 45.4. The highest BCUT2D eigenvalue weighted by molar-refractivity contribution is 6.41. The van der Waals surface area contributed by atoms with E-state index in [2.05, 4.69) is 99.7 Å². The Hall–Kier alpha value is -5.74. The van der Waals surface area contributed by atoms with Gasteiger partial charge in [-0.3, -0.25) is 24.3 Å². The number of nitrogens with zero attached hydrogens (tertiary/aromatic N) is 7. The van der Waals surface area contributed by atoms with Crippen molar-refractivity contribution in [3.63, 3.8) is 0 Å². The fraction of sp³-hybridized carbons (Fsp3) is 0.292. The Morgan fingerprint density at radius 3 is 1.62 bits per heavy atom. The molecule has 4 aliphatic rings. The van der Waals surface area contributed by atoms with E-state index in [0.717, 1.165) is 44.1 Å². The van der Waals surface area contributed by atoms with E-state index in [1.807, 2.05) is 12.1 Å². The Labute approximate surface area is 402 Å².